The topological polar surface area (TPSA) is 61.3 Å². The molecule has 1 saturated heterocycles. The van der Waals surface area contributed by atoms with Gasteiger partial charge in [-0.15, -0.1) is 0 Å². The Hall–Kier alpha value is -0.870. The lowest BCUT2D eigenvalue weighted by Gasteiger charge is -2.18. The molecular weight excluding hydrogens is 180 g/mol. The average Bonchev–Trinajstić information content (AvgIpc) is 2.61. The Bertz CT molecular complexity index is 303. The molecule has 2 rings (SSSR count). The lowest BCUT2D eigenvalue weighted by atomic mass is 10.0. The van der Waals surface area contributed by atoms with E-state index < -0.39 is 0 Å². The number of nitrogens with two attached hydrogens (primary N) is 1. The Balaban J connectivity index is 2.14. The normalized spacial score (nSPS) is 18.7. The molecule has 0 radical (unpaired) electrons. The molecule has 0 aromatic carbocycles. The Morgan fingerprint density at radius 2 is 2.14 bits per heavy atom. The van der Waals surface area contributed by atoms with E-state index in [9.17, 15) is 0 Å². The third kappa shape index (κ3) is 1.81. The largest absolute Gasteiger partial charge is 0.444 e. The summed E-state index contributed by atoms with van der Waals surface area (Å²) >= 11 is 0. The van der Waals surface area contributed by atoms with Crippen LogP contribution in [0.25, 0.3) is 0 Å². The van der Waals surface area contributed by atoms with Crippen LogP contribution in [0.4, 0.5) is 0 Å². The third-order valence-electron chi connectivity index (χ3n) is 2.67. The molecule has 1 aromatic rings. The second kappa shape index (κ2) is 4.11. The number of rotatable bonds is 2. The maximum atomic E-state index is 5.61. The minimum atomic E-state index is 0.419. The Morgan fingerprint density at radius 3 is 2.71 bits per heavy atom. The highest BCUT2D eigenvalue weighted by Crippen LogP contribution is 2.27. The van der Waals surface area contributed by atoms with Crippen LogP contribution in [0.2, 0.25) is 0 Å². The van der Waals surface area contributed by atoms with Crippen LogP contribution in [0.1, 0.15) is 36.1 Å². The summed E-state index contributed by atoms with van der Waals surface area (Å²) in [5.74, 6) is 2.07. The smallest absolute Gasteiger partial charge is 0.197 e. The lowest BCUT2D eigenvalue weighted by molar-refractivity contribution is 0.0791. The predicted octanol–water partition coefficient (Wildman–Crippen LogP) is 1.34. The number of hydrogen-bond acceptors (Lipinski definition) is 4. The molecule has 1 aliphatic rings. The monoisotopic (exact) mass is 196 g/mol. The fourth-order valence-electron chi connectivity index (χ4n) is 1.76. The number of ether oxygens (including phenoxy) is 1. The van der Waals surface area contributed by atoms with Crippen molar-refractivity contribution in [3.63, 3.8) is 0 Å². The van der Waals surface area contributed by atoms with Crippen LogP contribution >= 0.6 is 0 Å². The van der Waals surface area contributed by atoms with E-state index in [2.05, 4.69) is 4.98 Å². The number of hydrogen-bond donors (Lipinski definition) is 1. The molecule has 0 saturated carbocycles. The zero-order valence-electron chi connectivity index (χ0n) is 8.45. The number of oxazole rings is 1. The minimum Gasteiger partial charge on any atom is -0.444 e. The van der Waals surface area contributed by atoms with Crippen LogP contribution < -0.4 is 5.73 Å². The summed E-state index contributed by atoms with van der Waals surface area (Å²) < 4.78 is 10.9. The summed E-state index contributed by atoms with van der Waals surface area (Å²) in [5.41, 5.74) is 6.46. The van der Waals surface area contributed by atoms with Crippen molar-refractivity contribution in [2.24, 2.45) is 5.73 Å². The van der Waals surface area contributed by atoms with Gasteiger partial charge in [0.15, 0.2) is 5.89 Å². The van der Waals surface area contributed by atoms with Crippen LogP contribution in [-0.2, 0) is 11.3 Å². The van der Waals surface area contributed by atoms with Gasteiger partial charge in [-0.3, -0.25) is 0 Å². The molecule has 0 atom stereocenters. The van der Waals surface area contributed by atoms with E-state index in [0.29, 0.717) is 12.5 Å². The van der Waals surface area contributed by atoms with Crippen molar-refractivity contribution in [2.75, 3.05) is 13.2 Å². The molecule has 4 heteroatoms. The van der Waals surface area contributed by atoms with Crippen LogP contribution in [0.3, 0.4) is 0 Å². The lowest BCUT2D eigenvalue weighted by Crippen LogP contribution is -2.14. The van der Waals surface area contributed by atoms with E-state index in [1.54, 1.807) is 0 Å². The molecule has 4 nitrogen and oxygen atoms in total. The molecular formula is C10H16N2O2. The predicted molar refractivity (Wildman–Crippen MR) is 51.9 cm³/mol. The van der Waals surface area contributed by atoms with E-state index >= 15 is 0 Å². The van der Waals surface area contributed by atoms with Gasteiger partial charge < -0.3 is 14.9 Å². The van der Waals surface area contributed by atoms with Crippen molar-refractivity contribution in [1.29, 1.82) is 0 Å². The van der Waals surface area contributed by atoms with Crippen LogP contribution in [0, 0.1) is 6.92 Å². The highest BCUT2D eigenvalue weighted by molar-refractivity contribution is 5.09. The second-order valence-electron chi connectivity index (χ2n) is 3.65. The van der Waals surface area contributed by atoms with E-state index in [1.807, 2.05) is 6.92 Å². The van der Waals surface area contributed by atoms with Crippen molar-refractivity contribution in [2.45, 2.75) is 32.2 Å². The molecule has 0 bridgehead atoms. The van der Waals surface area contributed by atoms with Crippen LogP contribution in [-0.4, -0.2) is 18.2 Å². The highest BCUT2D eigenvalue weighted by Gasteiger charge is 2.21. The quantitative estimate of drug-likeness (QED) is 0.775. The molecule has 14 heavy (non-hydrogen) atoms. The minimum absolute atomic E-state index is 0.419. The summed E-state index contributed by atoms with van der Waals surface area (Å²) in [5, 5.41) is 0. The van der Waals surface area contributed by atoms with Gasteiger partial charge in [-0.1, -0.05) is 0 Å². The van der Waals surface area contributed by atoms with Crippen molar-refractivity contribution < 1.29 is 9.15 Å². The molecule has 2 N–H and O–H groups in total. The van der Waals surface area contributed by atoms with Crippen LogP contribution in [0.5, 0.6) is 0 Å². The van der Waals surface area contributed by atoms with Crippen molar-refractivity contribution in [3.8, 4) is 0 Å². The van der Waals surface area contributed by atoms with Gasteiger partial charge in [-0.25, -0.2) is 4.98 Å². The molecule has 0 aliphatic carbocycles. The SMILES string of the molecule is Cc1nc(C2CCOCC2)oc1CN. The van der Waals surface area contributed by atoms with Gasteiger partial charge in [0, 0.05) is 19.1 Å². The second-order valence-corrected chi connectivity index (χ2v) is 3.65. The number of nitrogens with zero attached hydrogens (tertiary/aromatic N) is 1. The van der Waals surface area contributed by atoms with Crippen molar-refractivity contribution in [1.82, 2.24) is 4.98 Å². The van der Waals surface area contributed by atoms with Gasteiger partial charge in [-0.2, -0.15) is 0 Å². The summed E-state index contributed by atoms with van der Waals surface area (Å²) in [4.78, 5) is 4.40. The molecule has 0 amide bonds. The maximum absolute atomic E-state index is 5.61. The molecule has 0 spiro atoms. The molecule has 2 heterocycles. The van der Waals surface area contributed by atoms with Gasteiger partial charge in [0.05, 0.1) is 12.2 Å². The highest BCUT2D eigenvalue weighted by atomic mass is 16.5. The molecule has 1 aliphatic heterocycles. The molecule has 78 valence electrons. The van der Waals surface area contributed by atoms with E-state index in [4.69, 9.17) is 14.9 Å². The Kier molecular flexibility index (Phi) is 2.84. The first-order valence-electron chi connectivity index (χ1n) is 5.05. The van der Waals surface area contributed by atoms with Gasteiger partial charge in [0.1, 0.15) is 5.76 Å². The standard InChI is InChI=1S/C10H16N2O2/c1-7-9(6-11)14-10(12-7)8-2-4-13-5-3-8/h8H,2-6,11H2,1H3. The Labute approximate surface area is 83.4 Å². The first-order chi connectivity index (χ1) is 6.81. The molecule has 0 unspecified atom stereocenters. The van der Waals surface area contributed by atoms with E-state index in [-0.39, 0.29) is 0 Å². The fraction of sp³-hybridized carbons (Fsp3) is 0.700. The summed E-state index contributed by atoms with van der Waals surface area (Å²) in [6, 6.07) is 0. The first-order valence-corrected chi connectivity index (χ1v) is 5.05. The first kappa shape index (κ1) is 9.68. The van der Waals surface area contributed by atoms with E-state index in [0.717, 1.165) is 43.4 Å². The van der Waals surface area contributed by atoms with Gasteiger partial charge in [0.2, 0.25) is 0 Å². The summed E-state index contributed by atoms with van der Waals surface area (Å²) in [6.45, 7) is 3.99. The Morgan fingerprint density at radius 1 is 1.43 bits per heavy atom. The molecule has 1 fully saturated rings. The average molecular weight is 196 g/mol. The van der Waals surface area contributed by atoms with Gasteiger partial charge >= 0.3 is 0 Å². The van der Waals surface area contributed by atoms with Crippen molar-refractivity contribution >= 4 is 0 Å². The number of aryl methyl sites for hydroxylation is 1. The summed E-state index contributed by atoms with van der Waals surface area (Å²) in [7, 11) is 0. The number of aromatic nitrogens is 1. The summed E-state index contributed by atoms with van der Waals surface area (Å²) in [6.07, 6.45) is 2.01. The zero-order chi connectivity index (χ0) is 9.97. The molecule has 1 aromatic heterocycles. The maximum Gasteiger partial charge on any atom is 0.197 e. The zero-order valence-corrected chi connectivity index (χ0v) is 8.45. The third-order valence-corrected chi connectivity index (χ3v) is 2.67. The van der Waals surface area contributed by atoms with Gasteiger partial charge in [-0.05, 0) is 19.8 Å². The van der Waals surface area contributed by atoms with Crippen LogP contribution in [0.15, 0.2) is 4.42 Å². The van der Waals surface area contributed by atoms with Gasteiger partial charge in [0.25, 0.3) is 0 Å². The van der Waals surface area contributed by atoms with Crippen molar-refractivity contribution in [3.05, 3.63) is 17.3 Å². The fourth-order valence-corrected chi connectivity index (χ4v) is 1.76. The van der Waals surface area contributed by atoms with E-state index in [1.165, 1.54) is 0 Å².